The third kappa shape index (κ3) is 5.30. The third-order valence-electron chi connectivity index (χ3n) is 4.68. The molecule has 10 heteroatoms. The number of nitrogens with two attached hydrogens (primary N) is 2. The second kappa shape index (κ2) is 10.2. The van der Waals surface area contributed by atoms with E-state index in [-0.39, 0.29) is 52.9 Å². The number of nitrogens with one attached hydrogen (secondary N) is 1. The molecule has 5 N–H and O–H groups in total. The van der Waals surface area contributed by atoms with Gasteiger partial charge in [0.2, 0.25) is 5.89 Å². The van der Waals surface area contributed by atoms with Gasteiger partial charge in [0.1, 0.15) is 23.5 Å². The zero-order valence-electron chi connectivity index (χ0n) is 17.9. The van der Waals surface area contributed by atoms with Gasteiger partial charge < -0.3 is 21.2 Å². The lowest BCUT2D eigenvalue weighted by Gasteiger charge is -2.09. The van der Waals surface area contributed by atoms with Crippen LogP contribution in [0.25, 0.3) is 5.70 Å². The van der Waals surface area contributed by atoms with E-state index in [1.165, 1.54) is 30.8 Å². The fraction of sp³-hybridized carbons (Fsp3) is 0.0417. The number of hydrogen-bond acceptors (Lipinski definition) is 8. The maximum absolute atomic E-state index is 14.0. The number of carbonyl (C=O) groups excluding carboxylic acids is 1. The molecule has 0 aliphatic rings. The molecular formula is C24H20FN7O2. The van der Waals surface area contributed by atoms with Gasteiger partial charge in [-0.2, -0.15) is 0 Å². The smallest absolute Gasteiger partial charge is 0.255 e. The summed E-state index contributed by atoms with van der Waals surface area (Å²) in [7, 11) is 0. The predicted octanol–water partition coefficient (Wildman–Crippen LogP) is 3.43. The Labute approximate surface area is 194 Å². The van der Waals surface area contributed by atoms with Crippen molar-refractivity contribution in [3.05, 3.63) is 108 Å². The first-order chi connectivity index (χ1) is 16.5. The van der Waals surface area contributed by atoms with Crippen LogP contribution in [0.4, 0.5) is 15.9 Å². The van der Waals surface area contributed by atoms with Gasteiger partial charge in [-0.15, -0.1) is 0 Å². The van der Waals surface area contributed by atoms with Crippen molar-refractivity contribution >= 4 is 28.8 Å². The Hall–Kier alpha value is -4.86. The van der Waals surface area contributed by atoms with E-state index in [2.05, 4.69) is 25.3 Å². The number of aliphatic imine (C=N–C) groups is 1. The first kappa shape index (κ1) is 22.3. The molecule has 4 aromatic rings. The first-order valence-corrected chi connectivity index (χ1v) is 10.2. The van der Waals surface area contributed by atoms with Crippen molar-refractivity contribution < 1.29 is 13.6 Å². The van der Waals surface area contributed by atoms with Gasteiger partial charge in [0.15, 0.2) is 11.6 Å². The number of hydrogen-bond donors (Lipinski definition) is 3. The molecule has 0 radical (unpaired) electrons. The highest BCUT2D eigenvalue weighted by molar-refractivity contribution is 6.09. The van der Waals surface area contributed by atoms with Crippen LogP contribution < -0.4 is 16.8 Å². The van der Waals surface area contributed by atoms with E-state index in [0.717, 1.165) is 0 Å². The number of nitrogens with zero attached hydrogens (tertiary/aromatic N) is 4. The van der Waals surface area contributed by atoms with Crippen molar-refractivity contribution in [3.8, 4) is 0 Å². The van der Waals surface area contributed by atoms with Gasteiger partial charge in [0, 0.05) is 11.1 Å². The van der Waals surface area contributed by atoms with Gasteiger partial charge in [-0.3, -0.25) is 9.79 Å². The Morgan fingerprint density at radius 2 is 1.88 bits per heavy atom. The van der Waals surface area contributed by atoms with Gasteiger partial charge >= 0.3 is 0 Å². The minimum absolute atomic E-state index is 0.0339. The number of oxazole rings is 1. The standard InChI is InChI=1S/C24H20FN7O2/c25-17-9-5-4-8-16(17)13-29-19(24-28-10-11-34-24)12-18(26)22-30-14-20(21(27)32-22)31-23(33)15-6-2-1-3-7-15/h1-12,14H,13,26H2,(H,31,33)(H2,27,30,32). The van der Waals surface area contributed by atoms with Crippen LogP contribution in [-0.2, 0) is 6.54 Å². The van der Waals surface area contributed by atoms with E-state index in [4.69, 9.17) is 15.9 Å². The molecule has 0 spiro atoms. The molecule has 0 saturated heterocycles. The molecule has 9 nitrogen and oxygen atoms in total. The normalized spacial score (nSPS) is 11.9. The highest BCUT2D eigenvalue weighted by atomic mass is 19.1. The molecule has 0 aliphatic carbocycles. The average Bonchev–Trinajstić information content (AvgIpc) is 3.39. The van der Waals surface area contributed by atoms with Crippen LogP contribution in [0.15, 0.2) is 88.7 Å². The van der Waals surface area contributed by atoms with Gasteiger partial charge in [0.05, 0.1) is 24.6 Å². The molecule has 2 aromatic heterocycles. The predicted molar refractivity (Wildman–Crippen MR) is 126 cm³/mol. The van der Waals surface area contributed by atoms with Crippen LogP contribution >= 0.6 is 0 Å². The lowest BCUT2D eigenvalue weighted by atomic mass is 10.2. The van der Waals surface area contributed by atoms with Crippen LogP contribution in [0.3, 0.4) is 0 Å². The lowest BCUT2D eigenvalue weighted by molar-refractivity contribution is 0.102. The molecule has 0 aliphatic heterocycles. The SMILES string of the molecule is NC(=CC(=NCc1ccccc1F)c1ncco1)c1ncc(NC(=O)c2ccccc2)c(N)n1. The summed E-state index contributed by atoms with van der Waals surface area (Å²) < 4.78 is 19.3. The van der Waals surface area contributed by atoms with Gasteiger partial charge in [-0.05, 0) is 24.3 Å². The zero-order valence-corrected chi connectivity index (χ0v) is 17.9. The molecule has 170 valence electrons. The largest absolute Gasteiger partial charge is 0.443 e. The number of benzene rings is 2. The monoisotopic (exact) mass is 457 g/mol. The molecular weight excluding hydrogens is 437 g/mol. The fourth-order valence-corrected chi connectivity index (χ4v) is 2.95. The number of anilines is 2. The van der Waals surface area contributed by atoms with E-state index in [9.17, 15) is 9.18 Å². The quantitative estimate of drug-likeness (QED) is 0.360. The van der Waals surface area contributed by atoms with Crippen molar-refractivity contribution in [2.24, 2.45) is 10.7 Å². The molecule has 34 heavy (non-hydrogen) atoms. The molecule has 0 atom stereocenters. The second-order valence-corrected chi connectivity index (χ2v) is 7.04. The molecule has 2 aromatic carbocycles. The van der Waals surface area contributed by atoms with Gasteiger partial charge in [-0.25, -0.2) is 19.3 Å². The van der Waals surface area contributed by atoms with E-state index >= 15 is 0 Å². The maximum atomic E-state index is 14.0. The lowest BCUT2D eigenvalue weighted by Crippen LogP contribution is -2.15. The van der Waals surface area contributed by atoms with E-state index in [1.54, 1.807) is 42.5 Å². The maximum Gasteiger partial charge on any atom is 0.255 e. The van der Waals surface area contributed by atoms with Crippen LogP contribution in [0.2, 0.25) is 0 Å². The van der Waals surface area contributed by atoms with Crippen molar-refractivity contribution in [2.75, 3.05) is 11.1 Å². The summed E-state index contributed by atoms with van der Waals surface area (Å²) in [6, 6.07) is 15.0. The van der Waals surface area contributed by atoms with E-state index < -0.39 is 0 Å². The number of halogens is 1. The summed E-state index contributed by atoms with van der Waals surface area (Å²) in [6.45, 7) is 0.0433. The highest BCUT2D eigenvalue weighted by Gasteiger charge is 2.13. The number of aromatic nitrogens is 3. The van der Waals surface area contributed by atoms with Crippen molar-refractivity contribution in [1.29, 1.82) is 0 Å². The Morgan fingerprint density at radius 1 is 1.12 bits per heavy atom. The Bertz CT molecular complexity index is 1350. The Morgan fingerprint density at radius 3 is 2.59 bits per heavy atom. The molecule has 2 heterocycles. The van der Waals surface area contributed by atoms with Crippen LogP contribution in [-0.4, -0.2) is 26.6 Å². The number of nitrogen functional groups attached to an aromatic ring is 1. The van der Waals surface area contributed by atoms with Crippen LogP contribution in [0, 0.1) is 5.82 Å². The summed E-state index contributed by atoms with van der Waals surface area (Å²) in [6.07, 6.45) is 5.66. The summed E-state index contributed by atoms with van der Waals surface area (Å²) in [4.78, 5) is 29.2. The van der Waals surface area contributed by atoms with Gasteiger partial charge in [-0.1, -0.05) is 36.4 Å². The minimum atomic E-state index is -0.376. The summed E-state index contributed by atoms with van der Waals surface area (Å²) in [5, 5.41) is 2.67. The number of carbonyl (C=O) groups is 1. The summed E-state index contributed by atoms with van der Waals surface area (Å²) >= 11 is 0. The van der Waals surface area contributed by atoms with Crippen LogP contribution in [0.5, 0.6) is 0 Å². The fourth-order valence-electron chi connectivity index (χ4n) is 2.95. The third-order valence-corrected chi connectivity index (χ3v) is 4.68. The van der Waals surface area contributed by atoms with E-state index in [1.807, 2.05) is 6.07 Å². The second-order valence-electron chi connectivity index (χ2n) is 7.04. The molecule has 0 bridgehead atoms. The van der Waals surface area contributed by atoms with Crippen LogP contribution in [0.1, 0.15) is 27.6 Å². The Kier molecular flexibility index (Phi) is 6.68. The molecule has 0 unspecified atom stereocenters. The average molecular weight is 457 g/mol. The molecule has 0 saturated carbocycles. The molecule has 4 rings (SSSR count). The summed E-state index contributed by atoms with van der Waals surface area (Å²) in [5.74, 6) is -0.385. The number of allylic oxidation sites excluding steroid dienone is 1. The zero-order chi connectivity index (χ0) is 23.9. The first-order valence-electron chi connectivity index (χ1n) is 10.2. The molecule has 1 amide bonds. The number of amides is 1. The van der Waals surface area contributed by atoms with Crippen molar-refractivity contribution in [2.45, 2.75) is 6.54 Å². The van der Waals surface area contributed by atoms with Crippen molar-refractivity contribution in [1.82, 2.24) is 15.0 Å². The highest BCUT2D eigenvalue weighted by Crippen LogP contribution is 2.18. The Balaban J connectivity index is 1.57. The summed E-state index contributed by atoms with van der Waals surface area (Å²) in [5.41, 5.74) is 13.7. The van der Waals surface area contributed by atoms with Gasteiger partial charge in [0.25, 0.3) is 5.91 Å². The van der Waals surface area contributed by atoms with E-state index in [0.29, 0.717) is 11.1 Å². The number of rotatable bonds is 7. The minimum Gasteiger partial charge on any atom is -0.443 e. The molecule has 0 fully saturated rings. The topological polar surface area (TPSA) is 145 Å². The van der Waals surface area contributed by atoms with Crippen molar-refractivity contribution in [3.63, 3.8) is 0 Å².